The van der Waals surface area contributed by atoms with Gasteiger partial charge in [-0.15, -0.1) is 0 Å². The quantitative estimate of drug-likeness (QED) is 0.816. The second kappa shape index (κ2) is 5.71. The van der Waals surface area contributed by atoms with Gasteiger partial charge in [0.2, 0.25) is 0 Å². The number of rotatable bonds is 3. The van der Waals surface area contributed by atoms with Crippen LogP contribution in [-0.2, 0) is 0 Å². The van der Waals surface area contributed by atoms with Crippen LogP contribution in [0.15, 0.2) is 0 Å². The van der Waals surface area contributed by atoms with E-state index in [0.717, 1.165) is 18.4 Å². The van der Waals surface area contributed by atoms with Crippen LogP contribution in [0, 0.1) is 17.3 Å². The highest BCUT2D eigenvalue weighted by Gasteiger charge is 2.29. The zero-order valence-corrected chi connectivity index (χ0v) is 12.9. The molecule has 1 aliphatic heterocycles. The summed E-state index contributed by atoms with van der Waals surface area (Å²) < 4.78 is 0. The number of nitrogens with zero attached hydrogens (tertiary/aromatic N) is 1. The SMILES string of the molecule is CC1CN(C)C(C)CC1NCC(C)C(C)(C)C. The van der Waals surface area contributed by atoms with Gasteiger partial charge in [0.05, 0.1) is 0 Å². The zero-order chi connectivity index (χ0) is 13.2. The van der Waals surface area contributed by atoms with Gasteiger partial charge in [0.1, 0.15) is 0 Å². The van der Waals surface area contributed by atoms with Crippen LogP contribution in [0.2, 0.25) is 0 Å². The third-order valence-corrected chi connectivity index (χ3v) is 4.77. The summed E-state index contributed by atoms with van der Waals surface area (Å²) in [4.78, 5) is 2.48. The molecule has 17 heavy (non-hydrogen) atoms. The van der Waals surface area contributed by atoms with Crippen molar-refractivity contribution in [1.29, 1.82) is 0 Å². The first-order valence-electron chi connectivity index (χ1n) is 7.15. The van der Waals surface area contributed by atoms with E-state index >= 15 is 0 Å². The average molecular weight is 240 g/mol. The van der Waals surface area contributed by atoms with E-state index in [-0.39, 0.29) is 0 Å². The first-order valence-corrected chi connectivity index (χ1v) is 7.15. The maximum atomic E-state index is 3.80. The Bertz CT molecular complexity index is 232. The fourth-order valence-corrected chi connectivity index (χ4v) is 2.46. The molecule has 2 heteroatoms. The highest BCUT2D eigenvalue weighted by molar-refractivity contribution is 4.87. The van der Waals surface area contributed by atoms with Gasteiger partial charge < -0.3 is 10.2 Å². The molecule has 0 aromatic rings. The minimum Gasteiger partial charge on any atom is -0.313 e. The summed E-state index contributed by atoms with van der Waals surface area (Å²) in [6, 6.07) is 1.42. The molecule has 0 aromatic heterocycles. The number of likely N-dealkylation sites (tertiary alicyclic amines) is 1. The normalized spacial score (nSPS) is 33.7. The highest BCUT2D eigenvalue weighted by atomic mass is 15.2. The molecule has 102 valence electrons. The Balaban J connectivity index is 2.41. The fraction of sp³-hybridized carbons (Fsp3) is 1.00. The average Bonchev–Trinajstić information content (AvgIpc) is 2.19. The summed E-state index contributed by atoms with van der Waals surface area (Å²) in [5, 5.41) is 3.80. The van der Waals surface area contributed by atoms with Gasteiger partial charge in [-0.05, 0) is 44.2 Å². The summed E-state index contributed by atoms with van der Waals surface area (Å²) in [6.45, 7) is 16.4. The van der Waals surface area contributed by atoms with E-state index in [1.165, 1.54) is 13.0 Å². The Hall–Kier alpha value is -0.0800. The molecule has 4 unspecified atom stereocenters. The summed E-state index contributed by atoms with van der Waals surface area (Å²) in [5.41, 5.74) is 0.410. The van der Waals surface area contributed by atoms with Crippen LogP contribution in [0.4, 0.5) is 0 Å². The van der Waals surface area contributed by atoms with E-state index in [0.29, 0.717) is 17.5 Å². The van der Waals surface area contributed by atoms with Crippen LogP contribution in [0.1, 0.15) is 48.0 Å². The Morgan fingerprint density at radius 2 is 1.88 bits per heavy atom. The Kier molecular flexibility index (Phi) is 5.03. The monoisotopic (exact) mass is 240 g/mol. The van der Waals surface area contributed by atoms with Crippen molar-refractivity contribution in [3.8, 4) is 0 Å². The molecule has 2 nitrogen and oxygen atoms in total. The molecule has 1 rings (SSSR count). The number of hydrogen-bond acceptors (Lipinski definition) is 2. The molecular weight excluding hydrogens is 208 g/mol. The molecule has 4 atom stereocenters. The van der Waals surface area contributed by atoms with Crippen molar-refractivity contribution in [3.63, 3.8) is 0 Å². The van der Waals surface area contributed by atoms with Crippen molar-refractivity contribution in [2.45, 2.75) is 60.0 Å². The maximum Gasteiger partial charge on any atom is 0.0120 e. The van der Waals surface area contributed by atoms with Crippen molar-refractivity contribution >= 4 is 0 Å². The maximum absolute atomic E-state index is 3.80. The van der Waals surface area contributed by atoms with Crippen LogP contribution in [0.5, 0.6) is 0 Å². The summed E-state index contributed by atoms with van der Waals surface area (Å²) in [6.07, 6.45) is 1.29. The van der Waals surface area contributed by atoms with E-state index in [2.05, 4.69) is 58.8 Å². The van der Waals surface area contributed by atoms with Crippen molar-refractivity contribution < 1.29 is 0 Å². The molecule has 0 aromatic carbocycles. The molecule has 0 aliphatic carbocycles. The van der Waals surface area contributed by atoms with Crippen molar-refractivity contribution in [3.05, 3.63) is 0 Å². The highest BCUT2D eigenvalue weighted by Crippen LogP contribution is 2.26. The molecule has 0 saturated carbocycles. The van der Waals surface area contributed by atoms with Gasteiger partial charge in [-0.1, -0.05) is 34.6 Å². The van der Waals surface area contributed by atoms with E-state index in [4.69, 9.17) is 0 Å². The largest absolute Gasteiger partial charge is 0.313 e. The molecule has 0 radical (unpaired) electrons. The Labute approximate surface area is 108 Å². The summed E-state index contributed by atoms with van der Waals surface area (Å²) in [5.74, 6) is 1.49. The van der Waals surface area contributed by atoms with Crippen molar-refractivity contribution in [2.75, 3.05) is 20.1 Å². The second-order valence-electron chi connectivity index (χ2n) is 7.28. The lowest BCUT2D eigenvalue weighted by Crippen LogP contribution is -2.52. The number of nitrogens with one attached hydrogen (secondary N) is 1. The van der Waals surface area contributed by atoms with E-state index in [1.54, 1.807) is 0 Å². The van der Waals surface area contributed by atoms with Gasteiger partial charge in [-0.2, -0.15) is 0 Å². The summed E-state index contributed by atoms with van der Waals surface area (Å²) in [7, 11) is 2.25. The Morgan fingerprint density at radius 1 is 1.29 bits per heavy atom. The predicted octanol–water partition coefficient (Wildman–Crippen LogP) is 2.99. The van der Waals surface area contributed by atoms with Crippen LogP contribution in [0.3, 0.4) is 0 Å². The lowest BCUT2D eigenvalue weighted by Gasteiger charge is -2.41. The van der Waals surface area contributed by atoms with Crippen LogP contribution in [-0.4, -0.2) is 37.1 Å². The molecular formula is C15H32N2. The second-order valence-corrected chi connectivity index (χ2v) is 7.28. The van der Waals surface area contributed by atoms with Crippen LogP contribution >= 0.6 is 0 Å². The third-order valence-electron chi connectivity index (χ3n) is 4.77. The predicted molar refractivity (Wildman–Crippen MR) is 76.3 cm³/mol. The first kappa shape index (κ1) is 15.0. The minimum atomic E-state index is 0.410. The topological polar surface area (TPSA) is 15.3 Å². The van der Waals surface area contributed by atoms with Crippen LogP contribution in [0.25, 0.3) is 0 Å². The molecule has 1 N–H and O–H groups in total. The zero-order valence-electron chi connectivity index (χ0n) is 12.9. The molecule has 0 spiro atoms. The van der Waals surface area contributed by atoms with E-state index in [9.17, 15) is 0 Å². The number of hydrogen-bond donors (Lipinski definition) is 1. The third kappa shape index (κ3) is 4.26. The first-order chi connectivity index (χ1) is 7.71. The van der Waals surface area contributed by atoms with Crippen molar-refractivity contribution in [1.82, 2.24) is 10.2 Å². The number of piperidine rings is 1. The molecule has 1 saturated heterocycles. The minimum absolute atomic E-state index is 0.410. The van der Waals surface area contributed by atoms with E-state index < -0.39 is 0 Å². The molecule has 1 aliphatic rings. The molecule has 0 amide bonds. The molecule has 0 bridgehead atoms. The molecule has 1 fully saturated rings. The lowest BCUT2D eigenvalue weighted by atomic mass is 9.81. The van der Waals surface area contributed by atoms with Crippen LogP contribution < -0.4 is 5.32 Å². The summed E-state index contributed by atoms with van der Waals surface area (Å²) >= 11 is 0. The van der Waals surface area contributed by atoms with Gasteiger partial charge >= 0.3 is 0 Å². The van der Waals surface area contributed by atoms with Gasteiger partial charge in [0, 0.05) is 18.6 Å². The van der Waals surface area contributed by atoms with Crippen molar-refractivity contribution in [2.24, 2.45) is 17.3 Å². The fourth-order valence-electron chi connectivity index (χ4n) is 2.46. The standard InChI is InChI=1S/C15H32N2/c1-11-10-17(7)13(3)8-14(11)16-9-12(2)15(4,5)6/h11-14,16H,8-10H2,1-7H3. The van der Waals surface area contributed by atoms with E-state index in [1.807, 2.05) is 0 Å². The molecule has 1 heterocycles. The van der Waals surface area contributed by atoms with Gasteiger partial charge in [-0.25, -0.2) is 0 Å². The van der Waals surface area contributed by atoms with Gasteiger partial charge in [-0.3, -0.25) is 0 Å². The van der Waals surface area contributed by atoms with Gasteiger partial charge in [0.25, 0.3) is 0 Å². The Morgan fingerprint density at radius 3 is 2.41 bits per heavy atom. The lowest BCUT2D eigenvalue weighted by molar-refractivity contribution is 0.114. The smallest absolute Gasteiger partial charge is 0.0120 e. The van der Waals surface area contributed by atoms with Gasteiger partial charge in [0.15, 0.2) is 0 Å².